The predicted octanol–water partition coefficient (Wildman–Crippen LogP) is 3.15. The van der Waals surface area contributed by atoms with Crippen LogP contribution in [0, 0.1) is 5.92 Å². The molecule has 0 fully saturated rings. The van der Waals surface area contributed by atoms with Gasteiger partial charge in [0.25, 0.3) is 0 Å². The molecule has 1 aliphatic rings. The van der Waals surface area contributed by atoms with Crippen molar-refractivity contribution in [2.45, 2.75) is 52.6 Å². The second kappa shape index (κ2) is 6.48. The minimum Gasteiger partial charge on any atom is -0.463 e. The summed E-state index contributed by atoms with van der Waals surface area (Å²) >= 11 is 0. The Morgan fingerprint density at radius 3 is 2.90 bits per heavy atom. The molecule has 1 aliphatic carbocycles. The van der Waals surface area contributed by atoms with Crippen molar-refractivity contribution >= 4 is 0 Å². The number of aryl methyl sites for hydroxylation is 1. The van der Waals surface area contributed by atoms with E-state index in [0.717, 1.165) is 44.0 Å². The standard InChI is InChI=1S/C17H25N3O/c1-13(2)9-18-10-14-7-8-15(21-14)11-20-12-19-16-5-3-4-6-17(16)20/h7-8,12-13,18H,3-6,9-11H2,1-2H3. The van der Waals surface area contributed by atoms with Crippen LogP contribution < -0.4 is 5.32 Å². The SMILES string of the molecule is CC(C)CNCc1ccc(Cn2cnc3c2CCCC3)o1. The van der Waals surface area contributed by atoms with E-state index in [1.807, 2.05) is 6.33 Å². The van der Waals surface area contributed by atoms with Crippen LogP contribution in [0.15, 0.2) is 22.9 Å². The third-order valence-electron chi connectivity index (χ3n) is 4.01. The third kappa shape index (κ3) is 3.56. The molecule has 2 aromatic heterocycles. The fraction of sp³-hybridized carbons (Fsp3) is 0.588. The number of hydrogen-bond donors (Lipinski definition) is 1. The Morgan fingerprint density at radius 1 is 1.24 bits per heavy atom. The first-order valence-electron chi connectivity index (χ1n) is 8.03. The second-order valence-electron chi connectivity index (χ2n) is 6.37. The monoisotopic (exact) mass is 287 g/mol. The van der Waals surface area contributed by atoms with Gasteiger partial charge in [0.15, 0.2) is 0 Å². The van der Waals surface area contributed by atoms with Crippen molar-refractivity contribution in [3.05, 3.63) is 41.4 Å². The van der Waals surface area contributed by atoms with Gasteiger partial charge in [-0.15, -0.1) is 0 Å². The third-order valence-corrected chi connectivity index (χ3v) is 4.01. The van der Waals surface area contributed by atoms with E-state index < -0.39 is 0 Å². The van der Waals surface area contributed by atoms with Crippen LogP contribution in [0.1, 0.15) is 49.6 Å². The zero-order valence-electron chi connectivity index (χ0n) is 13.1. The van der Waals surface area contributed by atoms with Crippen molar-refractivity contribution in [2.75, 3.05) is 6.54 Å². The average Bonchev–Trinajstić information content (AvgIpc) is 3.07. The van der Waals surface area contributed by atoms with Crippen molar-refractivity contribution < 1.29 is 4.42 Å². The predicted molar refractivity (Wildman–Crippen MR) is 83.2 cm³/mol. The summed E-state index contributed by atoms with van der Waals surface area (Å²) in [5, 5.41) is 3.41. The molecule has 0 atom stereocenters. The van der Waals surface area contributed by atoms with Crippen molar-refractivity contribution in [1.82, 2.24) is 14.9 Å². The van der Waals surface area contributed by atoms with E-state index in [1.54, 1.807) is 0 Å². The van der Waals surface area contributed by atoms with E-state index in [1.165, 1.54) is 24.2 Å². The molecule has 2 aromatic rings. The lowest BCUT2D eigenvalue weighted by atomic mass is 10.0. The summed E-state index contributed by atoms with van der Waals surface area (Å²) in [6, 6.07) is 4.16. The van der Waals surface area contributed by atoms with Crippen LogP contribution in [0.25, 0.3) is 0 Å². The number of hydrogen-bond acceptors (Lipinski definition) is 3. The molecule has 4 nitrogen and oxygen atoms in total. The maximum atomic E-state index is 5.92. The zero-order chi connectivity index (χ0) is 14.7. The summed E-state index contributed by atoms with van der Waals surface area (Å²) in [4.78, 5) is 4.54. The van der Waals surface area contributed by atoms with Gasteiger partial charge in [0, 0.05) is 5.69 Å². The lowest BCUT2D eigenvalue weighted by molar-refractivity contribution is 0.426. The summed E-state index contributed by atoms with van der Waals surface area (Å²) in [6.45, 7) is 7.04. The Balaban J connectivity index is 1.60. The van der Waals surface area contributed by atoms with Crippen LogP contribution in [0.3, 0.4) is 0 Å². The Labute approximate surface area is 126 Å². The number of fused-ring (bicyclic) bond motifs is 1. The van der Waals surface area contributed by atoms with Gasteiger partial charge >= 0.3 is 0 Å². The Morgan fingerprint density at radius 2 is 2.05 bits per heavy atom. The number of nitrogens with zero attached hydrogens (tertiary/aromatic N) is 2. The number of aromatic nitrogens is 2. The molecule has 0 radical (unpaired) electrons. The highest BCUT2D eigenvalue weighted by Gasteiger charge is 2.15. The summed E-state index contributed by atoms with van der Waals surface area (Å²) in [6.07, 6.45) is 6.80. The van der Waals surface area contributed by atoms with Gasteiger partial charge in [-0.3, -0.25) is 0 Å². The van der Waals surface area contributed by atoms with E-state index in [-0.39, 0.29) is 0 Å². The highest BCUT2D eigenvalue weighted by Crippen LogP contribution is 2.21. The van der Waals surface area contributed by atoms with E-state index in [0.29, 0.717) is 5.92 Å². The maximum Gasteiger partial charge on any atom is 0.123 e. The highest BCUT2D eigenvalue weighted by atomic mass is 16.3. The highest BCUT2D eigenvalue weighted by molar-refractivity contribution is 5.18. The van der Waals surface area contributed by atoms with Crippen LogP contribution >= 0.6 is 0 Å². The van der Waals surface area contributed by atoms with Gasteiger partial charge in [-0.2, -0.15) is 0 Å². The van der Waals surface area contributed by atoms with Gasteiger partial charge < -0.3 is 14.3 Å². The van der Waals surface area contributed by atoms with Crippen LogP contribution in [-0.2, 0) is 25.9 Å². The van der Waals surface area contributed by atoms with E-state index in [4.69, 9.17) is 4.42 Å². The fourth-order valence-corrected chi connectivity index (χ4v) is 2.92. The molecule has 3 rings (SSSR count). The first-order chi connectivity index (χ1) is 10.2. The van der Waals surface area contributed by atoms with Crippen LogP contribution in [0.2, 0.25) is 0 Å². The molecule has 0 bridgehead atoms. The second-order valence-corrected chi connectivity index (χ2v) is 6.37. The number of furan rings is 1. The summed E-state index contributed by atoms with van der Waals surface area (Å²) in [5.41, 5.74) is 2.68. The molecule has 1 N–H and O–H groups in total. The summed E-state index contributed by atoms with van der Waals surface area (Å²) in [7, 11) is 0. The van der Waals surface area contributed by atoms with Crippen molar-refractivity contribution in [2.24, 2.45) is 5.92 Å². The molecular weight excluding hydrogens is 262 g/mol. The maximum absolute atomic E-state index is 5.92. The molecule has 0 saturated carbocycles. The summed E-state index contributed by atoms with van der Waals surface area (Å²) < 4.78 is 8.17. The number of nitrogens with one attached hydrogen (secondary N) is 1. The first kappa shape index (κ1) is 14.4. The van der Waals surface area contributed by atoms with Crippen LogP contribution in [0.5, 0.6) is 0 Å². The van der Waals surface area contributed by atoms with Crippen molar-refractivity contribution in [3.8, 4) is 0 Å². The Kier molecular flexibility index (Phi) is 4.44. The minimum atomic E-state index is 0.664. The molecule has 0 saturated heterocycles. The quantitative estimate of drug-likeness (QED) is 0.887. The lowest BCUT2D eigenvalue weighted by Crippen LogP contribution is -2.18. The minimum absolute atomic E-state index is 0.664. The fourth-order valence-electron chi connectivity index (χ4n) is 2.92. The number of rotatable bonds is 6. The molecular formula is C17H25N3O. The topological polar surface area (TPSA) is 43.0 Å². The Hall–Kier alpha value is -1.55. The van der Waals surface area contributed by atoms with Crippen molar-refractivity contribution in [3.63, 3.8) is 0 Å². The van der Waals surface area contributed by atoms with E-state index in [9.17, 15) is 0 Å². The molecule has 114 valence electrons. The molecule has 0 aromatic carbocycles. The Bertz CT molecular complexity index is 583. The molecule has 21 heavy (non-hydrogen) atoms. The van der Waals surface area contributed by atoms with E-state index >= 15 is 0 Å². The largest absolute Gasteiger partial charge is 0.463 e. The van der Waals surface area contributed by atoms with Gasteiger partial charge in [-0.1, -0.05) is 13.8 Å². The smallest absolute Gasteiger partial charge is 0.123 e. The van der Waals surface area contributed by atoms with E-state index in [2.05, 4.69) is 40.8 Å². The van der Waals surface area contributed by atoms with Gasteiger partial charge in [-0.25, -0.2) is 4.98 Å². The first-order valence-corrected chi connectivity index (χ1v) is 8.03. The molecule has 0 unspecified atom stereocenters. The van der Waals surface area contributed by atoms with Gasteiger partial charge in [0.05, 0.1) is 25.1 Å². The zero-order valence-corrected chi connectivity index (χ0v) is 13.1. The number of imidazole rings is 1. The molecule has 0 spiro atoms. The van der Waals surface area contributed by atoms with Gasteiger partial charge in [-0.05, 0) is 50.3 Å². The van der Waals surface area contributed by atoms with Crippen molar-refractivity contribution in [1.29, 1.82) is 0 Å². The van der Waals surface area contributed by atoms with Gasteiger partial charge in [0.1, 0.15) is 11.5 Å². The molecule has 4 heteroatoms. The molecule has 0 aliphatic heterocycles. The molecule has 2 heterocycles. The average molecular weight is 287 g/mol. The normalized spacial score (nSPS) is 14.6. The molecule has 0 amide bonds. The van der Waals surface area contributed by atoms with Crippen LogP contribution in [0.4, 0.5) is 0 Å². The van der Waals surface area contributed by atoms with Crippen LogP contribution in [-0.4, -0.2) is 16.1 Å². The lowest BCUT2D eigenvalue weighted by Gasteiger charge is -2.13. The summed E-state index contributed by atoms with van der Waals surface area (Å²) in [5.74, 6) is 2.69. The van der Waals surface area contributed by atoms with Gasteiger partial charge in [0.2, 0.25) is 0 Å².